The van der Waals surface area contributed by atoms with Crippen LogP contribution in [-0.4, -0.2) is 36.1 Å². The Morgan fingerprint density at radius 3 is 2.50 bits per heavy atom. The number of amides is 2. The quantitative estimate of drug-likeness (QED) is 0.623. The molecule has 0 aromatic rings. The fourth-order valence-electron chi connectivity index (χ4n) is 2.14. The number of nitrogens with one attached hydrogen (secondary N) is 2. The molecule has 0 aromatic carbocycles. The zero-order valence-corrected chi connectivity index (χ0v) is 11.1. The summed E-state index contributed by atoms with van der Waals surface area (Å²) in [5.74, 6) is 0.162. The van der Waals surface area contributed by atoms with Crippen LogP contribution in [0.25, 0.3) is 0 Å². The summed E-state index contributed by atoms with van der Waals surface area (Å²) in [5.41, 5.74) is 0. The van der Waals surface area contributed by atoms with Crippen LogP contribution in [-0.2, 0) is 9.59 Å². The van der Waals surface area contributed by atoms with Gasteiger partial charge in [0.25, 0.3) is 0 Å². The molecule has 5 nitrogen and oxygen atoms in total. The van der Waals surface area contributed by atoms with Crippen molar-refractivity contribution in [2.45, 2.75) is 51.6 Å². The van der Waals surface area contributed by atoms with Crippen molar-refractivity contribution in [3.05, 3.63) is 0 Å². The van der Waals surface area contributed by atoms with E-state index in [-0.39, 0.29) is 17.7 Å². The number of aliphatic hydroxyl groups is 1. The minimum absolute atomic E-state index is 0.0811. The van der Waals surface area contributed by atoms with E-state index in [1.807, 2.05) is 0 Å². The van der Waals surface area contributed by atoms with Crippen molar-refractivity contribution in [3.8, 4) is 0 Å². The van der Waals surface area contributed by atoms with Crippen molar-refractivity contribution < 1.29 is 14.7 Å². The van der Waals surface area contributed by atoms with Crippen molar-refractivity contribution in [1.82, 2.24) is 10.6 Å². The van der Waals surface area contributed by atoms with Gasteiger partial charge in [-0.15, -0.1) is 0 Å². The molecule has 2 amide bonds. The van der Waals surface area contributed by atoms with E-state index in [9.17, 15) is 9.59 Å². The van der Waals surface area contributed by atoms with Gasteiger partial charge in [-0.1, -0.05) is 12.8 Å². The second-order valence-electron chi connectivity index (χ2n) is 5.01. The Kier molecular flexibility index (Phi) is 6.72. The van der Waals surface area contributed by atoms with Crippen LogP contribution in [0.2, 0.25) is 0 Å². The molecule has 0 radical (unpaired) electrons. The van der Waals surface area contributed by atoms with Crippen molar-refractivity contribution >= 4 is 11.8 Å². The lowest BCUT2D eigenvalue weighted by Crippen LogP contribution is -2.34. The maximum atomic E-state index is 11.7. The van der Waals surface area contributed by atoms with Gasteiger partial charge < -0.3 is 15.7 Å². The lowest BCUT2D eigenvalue weighted by Gasteiger charge is -2.10. The van der Waals surface area contributed by atoms with Crippen molar-refractivity contribution in [2.75, 3.05) is 13.1 Å². The van der Waals surface area contributed by atoms with Crippen molar-refractivity contribution in [1.29, 1.82) is 0 Å². The van der Waals surface area contributed by atoms with E-state index in [1.165, 1.54) is 0 Å². The van der Waals surface area contributed by atoms with E-state index in [2.05, 4.69) is 10.6 Å². The third kappa shape index (κ3) is 6.00. The molecule has 0 aromatic heterocycles. The monoisotopic (exact) mass is 256 g/mol. The van der Waals surface area contributed by atoms with Crippen LogP contribution in [0.1, 0.15) is 45.4 Å². The maximum absolute atomic E-state index is 11.7. The molecule has 0 heterocycles. The van der Waals surface area contributed by atoms with Gasteiger partial charge in [0.05, 0.1) is 6.10 Å². The van der Waals surface area contributed by atoms with Crippen LogP contribution in [0, 0.1) is 5.92 Å². The molecule has 18 heavy (non-hydrogen) atoms. The molecule has 0 saturated heterocycles. The summed E-state index contributed by atoms with van der Waals surface area (Å²) in [7, 11) is 0. The molecule has 0 aliphatic heterocycles. The van der Waals surface area contributed by atoms with Crippen molar-refractivity contribution in [3.63, 3.8) is 0 Å². The van der Waals surface area contributed by atoms with Crippen LogP contribution in [0.5, 0.6) is 0 Å². The summed E-state index contributed by atoms with van der Waals surface area (Å²) >= 11 is 0. The zero-order chi connectivity index (χ0) is 13.4. The number of carbonyl (C=O) groups is 2. The molecule has 1 atom stereocenters. The van der Waals surface area contributed by atoms with Gasteiger partial charge in [0.1, 0.15) is 0 Å². The van der Waals surface area contributed by atoms with Gasteiger partial charge in [0.2, 0.25) is 11.8 Å². The Bertz CT molecular complexity index is 273. The molecule has 0 spiro atoms. The average Bonchev–Trinajstić information content (AvgIpc) is 2.81. The summed E-state index contributed by atoms with van der Waals surface area (Å²) in [6.45, 7) is 2.57. The number of hydrogen-bond donors (Lipinski definition) is 3. The topological polar surface area (TPSA) is 78.4 Å². The smallest absolute Gasteiger partial charge is 0.223 e. The van der Waals surface area contributed by atoms with E-state index in [4.69, 9.17) is 5.11 Å². The summed E-state index contributed by atoms with van der Waals surface area (Å²) in [6.07, 6.45) is 4.69. The predicted octanol–water partition coefficient (Wildman–Crippen LogP) is 0.570. The largest absolute Gasteiger partial charge is 0.393 e. The molecule has 1 unspecified atom stereocenters. The van der Waals surface area contributed by atoms with Gasteiger partial charge >= 0.3 is 0 Å². The summed E-state index contributed by atoms with van der Waals surface area (Å²) in [5, 5.41) is 14.5. The first-order valence-corrected chi connectivity index (χ1v) is 6.82. The van der Waals surface area contributed by atoms with Gasteiger partial charge in [0, 0.05) is 25.4 Å². The predicted molar refractivity (Wildman–Crippen MR) is 68.9 cm³/mol. The molecule has 0 bridgehead atoms. The SMILES string of the molecule is CC(O)CCNC(=O)CCNC(=O)C1CCCC1. The molecule has 1 rings (SSSR count). The van der Waals surface area contributed by atoms with Crippen LogP contribution in [0.4, 0.5) is 0 Å². The second kappa shape index (κ2) is 8.08. The molecule has 1 saturated carbocycles. The molecule has 1 aliphatic rings. The van der Waals surface area contributed by atoms with Crippen LogP contribution < -0.4 is 10.6 Å². The summed E-state index contributed by atoms with van der Waals surface area (Å²) in [4.78, 5) is 23.0. The van der Waals surface area contributed by atoms with E-state index >= 15 is 0 Å². The third-order valence-corrected chi connectivity index (χ3v) is 3.26. The number of hydrogen-bond acceptors (Lipinski definition) is 3. The summed E-state index contributed by atoms with van der Waals surface area (Å²) < 4.78 is 0. The van der Waals surface area contributed by atoms with Gasteiger partial charge in [-0.05, 0) is 26.2 Å². The second-order valence-corrected chi connectivity index (χ2v) is 5.01. The Morgan fingerprint density at radius 1 is 1.22 bits per heavy atom. The molecule has 1 fully saturated rings. The summed E-state index contributed by atoms with van der Waals surface area (Å²) in [6, 6.07) is 0. The van der Waals surface area contributed by atoms with E-state index in [1.54, 1.807) is 6.92 Å². The fourth-order valence-corrected chi connectivity index (χ4v) is 2.14. The zero-order valence-electron chi connectivity index (χ0n) is 11.1. The molecular formula is C13H24N2O3. The van der Waals surface area contributed by atoms with Crippen LogP contribution >= 0.6 is 0 Å². The fraction of sp³-hybridized carbons (Fsp3) is 0.846. The molecule has 1 aliphatic carbocycles. The lowest BCUT2D eigenvalue weighted by molar-refractivity contribution is -0.125. The van der Waals surface area contributed by atoms with Gasteiger partial charge in [0.15, 0.2) is 0 Å². The Balaban J connectivity index is 2.02. The molecule has 104 valence electrons. The minimum Gasteiger partial charge on any atom is -0.393 e. The lowest BCUT2D eigenvalue weighted by atomic mass is 10.1. The number of carbonyl (C=O) groups excluding carboxylic acids is 2. The highest BCUT2D eigenvalue weighted by molar-refractivity contribution is 5.80. The highest BCUT2D eigenvalue weighted by Gasteiger charge is 2.22. The molecule has 3 N–H and O–H groups in total. The first-order valence-electron chi connectivity index (χ1n) is 6.82. The Morgan fingerprint density at radius 2 is 1.89 bits per heavy atom. The number of aliphatic hydroxyl groups excluding tert-OH is 1. The van der Waals surface area contributed by atoms with Crippen molar-refractivity contribution in [2.24, 2.45) is 5.92 Å². The molecular weight excluding hydrogens is 232 g/mol. The van der Waals surface area contributed by atoms with E-state index < -0.39 is 6.10 Å². The van der Waals surface area contributed by atoms with Gasteiger partial charge in [-0.3, -0.25) is 9.59 Å². The van der Waals surface area contributed by atoms with Gasteiger partial charge in [-0.2, -0.15) is 0 Å². The Hall–Kier alpha value is -1.10. The third-order valence-electron chi connectivity index (χ3n) is 3.26. The van der Waals surface area contributed by atoms with Crippen LogP contribution in [0.15, 0.2) is 0 Å². The van der Waals surface area contributed by atoms with Gasteiger partial charge in [-0.25, -0.2) is 0 Å². The van der Waals surface area contributed by atoms with Crippen LogP contribution in [0.3, 0.4) is 0 Å². The number of rotatable bonds is 7. The molecule has 5 heteroatoms. The average molecular weight is 256 g/mol. The van der Waals surface area contributed by atoms with E-state index in [0.29, 0.717) is 25.9 Å². The maximum Gasteiger partial charge on any atom is 0.223 e. The standard InChI is InChI=1S/C13H24N2O3/c1-10(16)6-8-14-12(17)7-9-15-13(18)11-4-2-3-5-11/h10-11,16H,2-9H2,1H3,(H,14,17)(H,15,18). The van der Waals surface area contributed by atoms with E-state index in [0.717, 1.165) is 25.7 Å². The first kappa shape index (κ1) is 15.0. The Labute approximate surface area is 108 Å². The first-order chi connectivity index (χ1) is 8.59. The normalized spacial score (nSPS) is 17.4. The highest BCUT2D eigenvalue weighted by atomic mass is 16.3. The highest BCUT2D eigenvalue weighted by Crippen LogP contribution is 2.24. The minimum atomic E-state index is -0.396.